The van der Waals surface area contributed by atoms with Crippen molar-refractivity contribution >= 4 is 26.2 Å². The van der Waals surface area contributed by atoms with Gasteiger partial charge in [-0.2, -0.15) is 0 Å². The van der Waals surface area contributed by atoms with Crippen LogP contribution >= 0.6 is 0 Å². The van der Waals surface area contributed by atoms with E-state index in [4.69, 9.17) is 15.1 Å². The Morgan fingerprint density at radius 3 is 1.00 bits per heavy atom. The third kappa shape index (κ3) is 99.8. The minimum absolute atomic E-state index is 0. The van der Waals surface area contributed by atoms with E-state index in [0.29, 0.717) is 0 Å². The molecule has 5 heteroatoms. The van der Waals surface area contributed by atoms with Gasteiger partial charge >= 0.3 is 26.2 Å². The van der Waals surface area contributed by atoms with Gasteiger partial charge in [0, 0.05) is 0 Å². The average molecular weight is 72.8 g/mol. The fourth-order valence-corrected chi connectivity index (χ4v) is 0. The van der Waals surface area contributed by atoms with Gasteiger partial charge in [-0.25, -0.2) is 0 Å². The van der Waals surface area contributed by atoms with E-state index in [-0.39, 0.29) is 18.9 Å². The van der Waals surface area contributed by atoms with Gasteiger partial charge in [0.2, 0.25) is 0 Å². The van der Waals surface area contributed by atoms with Crippen LogP contribution in [0.5, 0.6) is 0 Å². The van der Waals surface area contributed by atoms with E-state index in [1.54, 1.807) is 0 Å². The van der Waals surface area contributed by atoms with Crippen LogP contribution in [0.1, 0.15) is 0 Å². The molecule has 0 amide bonds. The van der Waals surface area contributed by atoms with Crippen LogP contribution in [0.25, 0.3) is 0 Å². The summed E-state index contributed by atoms with van der Waals surface area (Å²) in [6.07, 6.45) is 0. The summed E-state index contributed by atoms with van der Waals surface area (Å²) in [5, 5.41) is 21.5. The minimum atomic E-state index is -2.17. The van der Waals surface area contributed by atoms with Gasteiger partial charge < -0.3 is 15.1 Å². The predicted molar refractivity (Wildman–Crippen MR) is 23.7 cm³/mol. The molecule has 3 N–H and O–H groups in total. The first-order valence-electron chi connectivity index (χ1n) is 0.775. The first kappa shape index (κ1) is 9.11. The van der Waals surface area contributed by atoms with Crippen LogP contribution in [0.3, 0.4) is 0 Å². The summed E-state index contributed by atoms with van der Waals surface area (Å²) in [6, 6.07) is 0. The number of rotatable bonds is 0. The van der Waals surface area contributed by atoms with Crippen molar-refractivity contribution in [3.63, 3.8) is 0 Å². The second-order valence-corrected chi connectivity index (χ2v) is 0.346. The average Bonchev–Trinajstić information content (AvgIpc) is 0.811. The van der Waals surface area contributed by atoms with Gasteiger partial charge in [-0.15, -0.1) is 0 Å². The van der Waals surface area contributed by atoms with Gasteiger partial charge in [-0.3, -0.25) is 0 Å². The van der Waals surface area contributed by atoms with Crippen molar-refractivity contribution in [3.8, 4) is 0 Å². The first-order valence-corrected chi connectivity index (χ1v) is 0.775. The molecule has 0 aromatic rings. The summed E-state index contributed by atoms with van der Waals surface area (Å²) < 4.78 is 0. The molecule has 0 aliphatic heterocycles. The Kier molecular flexibility index (Phi) is 8.28. The molecule has 0 bridgehead atoms. The van der Waals surface area contributed by atoms with E-state index >= 15 is 0 Å². The first-order chi connectivity index (χ1) is 1.73. The molecule has 5 heavy (non-hydrogen) atoms. The zero-order valence-corrected chi connectivity index (χ0v) is 1.92. The van der Waals surface area contributed by atoms with E-state index < -0.39 is 7.32 Å². The van der Waals surface area contributed by atoms with Gasteiger partial charge in [-0.1, -0.05) is 0 Å². The molecule has 0 aromatic carbocycles. The molecular formula is H7BLiO3. The fraction of sp³-hybridized carbons (Fsp3) is 0. The Labute approximate surface area is 42.0 Å². The van der Waals surface area contributed by atoms with Crippen molar-refractivity contribution in [1.29, 1.82) is 0 Å². The maximum atomic E-state index is 7.17. The van der Waals surface area contributed by atoms with Gasteiger partial charge in [0.1, 0.15) is 0 Å². The molecule has 0 heterocycles. The van der Waals surface area contributed by atoms with Gasteiger partial charge in [0.15, 0.2) is 0 Å². The van der Waals surface area contributed by atoms with E-state index in [1.807, 2.05) is 0 Å². The second kappa shape index (κ2) is 4.54. The Bertz CT molecular complexity index is 11.6. The molecule has 0 saturated heterocycles. The summed E-state index contributed by atoms with van der Waals surface area (Å²) in [5.41, 5.74) is 0. The molecule has 29 valence electrons. The molecule has 0 aliphatic carbocycles. The monoisotopic (exact) mass is 73.1 g/mol. The van der Waals surface area contributed by atoms with E-state index in [2.05, 4.69) is 0 Å². The summed E-state index contributed by atoms with van der Waals surface area (Å²) in [4.78, 5) is 0. The van der Waals surface area contributed by atoms with Crippen LogP contribution in [0.2, 0.25) is 0 Å². The molecular weight excluding hydrogens is 65.8 g/mol. The normalized spacial score (nSPS) is 5.40. The van der Waals surface area contributed by atoms with Gasteiger partial charge in [0.25, 0.3) is 0 Å². The topological polar surface area (TPSA) is 60.7 Å². The molecule has 0 saturated carbocycles. The molecule has 0 aliphatic rings. The van der Waals surface area contributed by atoms with E-state index in [1.165, 1.54) is 0 Å². The van der Waals surface area contributed by atoms with Gasteiger partial charge in [0.05, 0.1) is 0 Å². The molecule has 0 spiro atoms. The summed E-state index contributed by atoms with van der Waals surface area (Å²) in [7, 11) is -2.17. The molecule has 3 radical (unpaired) electrons. The van der Waals surface area contributed by atoms with Crippen LogP contribution in [-0.2, 0) is 0 Å². The molecule has 0 fully saturated rings. The molecule has 0 rings (SSSR count). The third-order valence-electron chi connectivity index (χ3n) is 0. The number of hydrogen-bond donors (Lipinski definition) is 3. The predicted octanol–water partition coefficient (Wildman–Crippen LogP) is -3.50. The second-order valence-electron chi connectivity index (χ2n) is 0.346. The number of hydrogen-bond acceptors (Lipinski definition) is 3. The summed E-state index contributed by atoms with van der Waals surface area (Å²) in [5.74, 6) is 0. The fourth-order valence-electron chi connectivity index (χ4n) is 0. The standard InChI is InChI=1S/BH3O3.Li.4H/c2-1(3)4;;;;;/h2-4H;;;;;. The SMILES string of the molecule is OB(O)O.[LiH4]. The van der Waals surface area contributed by atoms with Crippen molar-refractivity contribution in [2.45, 2.75) is 0 Å². The van der Waals surface area contributed by atoms with Crippen LogP contribution < -0.4 is 0 Å². The third-order valence-corrected chi connectivity index (χ3v) is 0. The van der Waals surface area contributed by atoms with Crippen LogP contribution in [0.4, 0.5) is 0 Å². The Morgan fingerprint density at radius 2 is 1.00 bits per heavy atom. The van der Waals surface area contributed by atoms with E-state index in [9.17, 15) is 0 Å². The van der Waals surface area contributed by atoms with E-state index in [0.717, 1.165) is 0 Å². The molecule has 3 nitrogen and oxygen atoms in total. The molecule has 0 aromatic heterocycles. The van der Waals surface area contributed by atoms with Crippen LogP contribution in [0, 0.1) is 0 Å². The Morgan fingerprint density at radius 1 is 1.00 bits per heavy atom. The zero-order chi connectivity index (χ0) is 3.58. The zero-order valence-electron chi connectivity index (χ0n) is 1.92. The quantitative estimate of drug-likeness (QED) is 0.260. The van der Waals surface area contributed by atoms with Crippen molar-refractivity contribution in [1.82, 2.24) is 0 Å². The van der Waals surface area contributed by atoms with Gasteiger partial charge in [-0.05, 0) is 0 Å². The van der Waals surface area contributed by atoms with Crippen LogP contribution in [0.15, 0.2) is 0 Å². The van der Waals surface area contributed by atoms with Crippen molar-refractivity contribution < 1.29 is 15.1 Å². The molecule has 0 unspecified atom stereocenters. The Balaban J connectivity index is 0. The summed E-state index contributed by atoms with van der Waals surface area (Å²) in [6.45, 7) is 0. The van der Waals surface area contributed by atoms with Crippen molar-refractivity contribution in [2.24, 2.45) is 0 Å². The van der Waals surface area contributed by atoms with Crippen molar-refractivity contribution in [3.05, 3.63) is 0 Å². The maximum absolute atomic E-state index is 7.17. The van der Waals surface area contributed by atoms with Crippen molar-refractivity contribution in [2.75, 3.05) is 0 Å². The summed E-state index contributed by atoms with van der Waals surface area (Å²) >= 11 is 0. The molecule has 0 atom stereocenters. The van der Waals surface area contributed by atoms with Crippen LogP contribution in [-0.4, -0.2) is 41.3 Å². The Hall–Kier alpha value is 0.542.